The molecule has 2 atom stereocenters. The van der Waals surface area contributed by atoms with Gasteiger partial charge < -0.3 is 24.7 Å². The van der Waals surface area contributed by atoms with E-state index >= 15 is 0 Å². The van der Waals surface area contributed by atoms with Crippen LogP contribution in [0, 0.1) is 0 Å². The van der Waals surface area contributed by atoms with Gasteiger partial charge in [-0.05, 0) is 55.3 Å². The number of nitrogens with zero attached hydrogens (tertiary/aromatic N) is 3. The second-order valence-electron chi connectivity index (χ2n) is 8.73. The van der Waals surface area contributed by atoms with E-state index in [-0.39, 0.29) is 30.2 Å². The number of carbonyl (C=O) groups is 2. The van der Waals surface area contributed by atoms with Crippen molar-refractivity contribution in [3.8, 4) is 5.75 Å². The lowest BCUT2D eigenvalue weighted by Gasteiger charge is -2.20. The monoisotopic (exact) mass is 461 g/mol. The molecule has 0 bridgehead atoms. The average Bonchev–Trinajstić information content (AvgIpc) is 3.40. The minimum atomic E-state index is -0.412. The predicted molar refractivity (Wildman–Crippen MR) is 124 cm³/mol. The van der Waals surface area contributed by atoms with Crippen molar-refractivity contribution < 1.29 is 19.1 Å². The van der Waals surface area contributed by atoms with Crippen molar-refractivity contribution in [2.45, 2.75) is 25.0 Å². The first-order chi connectivity index (χ1) is 16.6. The summed E-state index contributed by atoms with van der Waals surface area (Å²) in [4.78, 5) is 42.4. The summed E-state index contributed by atoms with van der Waals surface area (Å²) in [5.74, 6) is 0.356. The van der Waals surface area contributed by atoms with Crippen LogP contribution in [0.3, 0.4) is 0 Å². The van der Waals surface area contributed by atoms with Gasteiger partial charge in [0.25, 0.3) is 11.5 Å². The number of rotatable bonds is 6. The molecule has 1 aromatic carbocycles. The highest BCUT2D eigenvalue weighted by Crippen LogP contribution is 2.34. The zero-order valence-corrected chi connectivity index (χ0v) is 18.3. The Kier molecular flexibility index (Phi) is 4.95. The van der Waals surface area contributed by atoms with E-state index in [1.165, 1.54) is 0 Å². The Hall–Kier alpha value is -3.92. The largest absolute Gasteiger partial charge is 0.482 e. The Bertz CT molecular complexity index is 1370. The Morgan fingerprint density at radius 3 is 2.97 bits per heavy atom. The van der Waals surface area contributed by atoms with Gasteiger partial charge in [-0.3, -0.25) is 19.5 Å². The topological polar surface area (TPSA) is 115 Å². The first-order valence-corrected chi connectivity index (χ1v) is 11.3. The number of amides is 2. The number of aromatic nitrogens is 2. The zero-order chi connectivity index (χ0) is 23.2. The number of benzene rings is 1. The van der Waals surface area contributed by atoms with E-state index in [2.05, 4.69) is 15.6 Å². The van der Waals surface area contributed by atoms with Crippen molar-refractivity contribution in [3.05, 3.63) is 58.5 Å². The van der Waals surface area contributed by atoms with Crippen LogP contribution in [0.5, 0.6) is 5.75 Å². The molecular formula is C24H23N5O5. The summed E-state index contributed by atoms with van der Waals surface area (Å²) in [5, 5.41) is 6.18. The molecule has 0 aliphatic carbocycles. The zero-order valence-electron chi connectivity index (χ0n) is 18.3. The molecule has 2 amide bonds. The smallest absolute Gasteiger partial charge is 0.414 e. The van der Waals surface area contributed by atoms with E-state index in [4.69, 9.17) is 9.47 Å². The molecule has 2 aromatic heterocycles. The van der Waals surface area contributed by atoms with Gasteiger partial charge >= 0.3 is 6.09 Å². The van der Waals surface area contributed by atoms with Gasteiger partial charge in [0.15, 0.2) is 6.61 Å². The second kappa shape index (κ2) is 8.14. The number of anilines is 2. The molecule has 3 aliphatic heterocycles. The SMILES string of the molecule is O=C1COc2ccc(N3C[C@H](CCNC[C@H]4Cc5ccnc6ccc(=O)n4c56)OC3=O)cc2N1. The highest BCUT2D eigenvalue weighted by molar-refractivity contribution is 5.97. The third-order valence-corrected chi connectivity index (χ3v) is 6.52. The standard InChI is InChI=1S/C24H23N5O5/c30-21-13-33-20-3-1-15(10-19(20)27-21)28-12-17(34-24(28)32)6-7-25-11-16-9-14-5-8-26-18-2-4-22(31)29(16)23(14)18/h1-5,8,10,16-17,25H,6-7,9,11-13H2,(H,27,30)/t16-,17+/m1/s1. The fourth-order valence-corrected chi connectivity index (χ4v) is 4.94. The molecule has 0 unspecified atom stereocenters. The lowest BCUT2D eigenvalue weighted by Crippen LogP contribution is -2.32. The molecule has 3 aliphatic rings. The second-order valence-corrected chi connectivity index (χ2v) is 8.73. The van der Waals surface area contributed by atoms with Gasteiger partial charge in [0.05, 0.1) is 29.3 Å². The predicted octanol–water partition coefficient (Wildman–Crippen LogP) is 1.83. The van der Waals surface area contributed by atoms with Crippen LogP contribution < -0.4 is 25.8 Å². The maximum absolute atomic E-state index is 12.5. The summed E-state index contributed by atoms with van der Waals surface area (Å²) in [6.07, 6.45) is 2.55. The van der Waals surface area contributed by atoms with Gasteiger partial charge in [-0.2, -0.15) is 0 Å². The number of fused-ring (bicyclic) bond motifs is 1. The number of pyridine rings is 2. The van der Waals surface area contributed by atoms with E-state index in [1.807, 2.05) is 10.6 Å². The van der Waals surface area contributed by atoms with Crippen molar-refractivity contribution in [3.63, 3.8) is 0 Å². The number of carbonyl (C=O) groups excluding carboxylic acids is 2. The van der Waals surface area contributed by atoms with Gasteiger partial charge in [-0.1, -0.05) is 0 Å². The lowest BCUT2D eigenvalue weighted by atomic mass is 10.1. The molecular weight excluding hydrogens is 438 g/mol. The number of ether oxygens (including phenoxy) is 2. The highest BCUT2D eigenvalue weighted by atomic mass is 16.6. The number of cyclic esters (lactones) is 1. The molecule has 0 saturated carbocycles. The number of nitrogens with one attached hydrogen (secondary N) is 2. The molecule has 5 heterocycles. The van der Waals surface area contributed by atoms with Crippen molar-refractivity contribution >= 4 is 34.4 Å². The molecule has 10 nitrogen and oxygen atoms in total. The summed E-state index contributed by atoms with van der Waals surface area (Å²) in [6, 6.07) is 10.6. The van der Waals surface area contributed by atoms with E-state index < -0.39 is 6.09 Å². The Morgan fingerprint density at radius 1 is 1.15 bits per heavy atom. The Labute approximate surface area is 194 Å². The average molecular weight is 461 g/mol. The summed E-state index contributed by atoms with van der Waals surface area (Å²) < 4.78 is 12.8. The summed E-state index contributed by atoms with van der Waals surface area (Å²) in [5.41, 5.74) is 4.08. The fraction of sp³-hybridized carbons (Fsp3) is 0.333. The minimum Gasteiger partial charge on any atom is -0.482 e. The van der Waals surface area contributed by atoms with Gasteiger partial charge in [0, 0.05) is 24.5 Å². The van der Waals surface area contributed by atoms with Gasteiger partial charge in [-0.15, -0.1) is 0 Å². The van der Waals surface area contributed by atoms with E-state index in [0.717, 1.165) is 23.0 Å². The van der Waals surface area contributed by atoms with Gasteiger partial charge in [-0.25, -0.2) is 4.79 Å². The quantitative estimate of drug-likeness (QED) is 0.538. The molecule has 34 heavy (non-hydrogen) atoms. The molecule has 0 spiro atoms. The third kappa shape index (κ3) is 3.56. The summed E-state index contributed by atoms with van der Waals surface area (Å²) in [7, 11) is 0. The van der Waals surface area contributed by atoms with Crippen LogP contribution in [0.4, 0.5) is 16.2 Å². The van der Waals surface area contributed by atoms with E-state index in [9.17, 15) is 14.4 Å². The van der Waals surface area contributed by atoms with Crippen LogP contribution in [-0.4, -0.2) is 53.9 Å². The number of hydrogen-bond donors (Lipinski definition) is 2. The van der Waals surface area contributed by atoms with Crippen LogP contribution in [0.2, 0.25) is 0 Å². The molecule has 1 fully saturated rings. The first kappa shape index (κ1) is 20.7. The van der Waals surface area contributed by atoms with E-state index in [0.29, 0.717) is 43.2 Å². The van der Waals surface area contributed by atoms with Crippen molar-refractivity contribution in [1.29, 1.82) is 0 Å². The third-order valence-electron chi connectivity index (χ3n) is 6.52. The van der Waals surface area contributed by atoms with Crippen LogP contribution in [0.15, 0.2) is 47.4 Å². The Balaban J connectivity index is 1.05. The van der Waals surface area contributed by atoms with Crippen LogP contribution >= 0.6 is 0 Å². The fourth-order valence-electron chi connectivity index (χ4n) is 4.94. The summed E-state index contributed by atoms with van der Waals surface area (Å²) in [6.45, 7) is 1.70. The van der Waals surface area contributed by atoms with Crippen molar-refractivity contribution in [2.24, 2.45) is 0 Å². The molecule has 6 rings (SSSR count). The molecule has 2 N–H and O–H groups in total. The Morgan fingerprint density at radius 2 is 2.06 bits per heavy atom. The van der Waals surface area contributed by atoms with Gasteiger partial charge in [0.2, 0.25) is 0 Å². The highest BCUT2D eigenvalue weighted by Gasteiger charge is 2.33. The first-order valence-electron chi connectivity index (χ1n) is 11.3. The molecule has 174 valence electrons. The lowest BCUT2D eigenvalue weighted by molar-refractivity contribution is -0.118. The maximum Gasteiger partial charge on any atom is 0.414 e. The molecule has 1 saturated heterocycles. The minimum absolute atomic E-state index is 0.0131. The molecule has 0 radical (unpaired) electrons. The van der Waals surface area contributed by atoms with Crippen molar-refractivity contribution in [1.82, 2.24) is 14.9 Å². The van der Waals surface area contributed by atoms with E-state index in [1.54, 1.807) is 41.4 Å². The van der Waals surface area contributed by atoms with Gasteiger partial charge in [0.1, 0.15) is 11.9 Å². The van der Waals surface area contributed by atoms with Crippen LogP contribution in [0.25, 0.3) is 11.0 Å². The van der Waals surface area contributed by atoms with Crippen molar-refractivity contribution in [2.75, 3.05) is 36.5 Å². The van der Waals surface area contributed by atoms with Crippen LogP contribution in [-0.2, 0) is 16.0 Å². The molecule has 3 aromatic rings. The maximum atomic E-state index is 12.5. The summed E-state index contributed by atoms with van der Waals surface area (Å²) >= 11 is 0. The molecule has 10 heteroatoms. The normalized spacial score (nSPS) is 20.8. The van der Waals surface area contributed by atoms with Crippen LogP contribution in [0.1, 0.15) is 18.0 Å². The number of hydrogen-bond acceptors (Lipinski definition) is 7.